The molecule has 0 heterocycles. The third-order valence-electron chi connectivity index (χ3n) is 3.26. The molecule has 1 aromatic rings. The number of halogens is 1. The van der Waals surface area contributed by atoms with E-state index in [2.05, 4.69) is 6.07 Å². The van der Waals surface area contributed by atoms with Crippen molar-refractivity contribution < 1.29 is 9.90 Å². The highest BCUT2D eigenvalue weighted by molar-refractivity contribution is 6.30. The zero-order valence-corrected chi connectivity index (χ0v) is 10.4. The number of hydrogen-bond acceptors (Lipinski definition) is 3. The number of aliphatic carboxylic acids is 1. The summed E-state index contributed by atoms with van der Waals surface area (Å²) < 4.78 is 0. The molecule has 1 saturated carbocycles. The molecule has 1 aliphatic rings. The second kappa shape index (κ2) is 4.60. The van der Waals surface area contributed by atoms with Crippen molar-refractivity contribution in [2.75, 3.05) is 0 Å². The molecule has 18 heavy (non-hydrogen) atoms. The molecule has 0 aromatic heterocycles. The molecule has 1 unspecified atom stereocenters. The van der Waals surface area contributed by atoms with Crippen molar-refractivity contribution in [3.8, 4) is 6.07 Å². The number of carboxylic acid groups (broad SMARTS) is 1. The maximum atomic E-state index is 10.7. The first-order chi connectivity index (χ1) is 8.47. The van der Waals surface area contributed by atoms with Gasteiger partial charge in [-0.25, -0.2) is 0 Å². The highest BCUT2D eigenvalue weighted by atomic mass is 35.5. The minimum absolute atomic E-state index is 0.153. The van der Waals surface area contributed by atoms with Gasteiger partial charge in [0.15, 0.2) is 0 Å². The van der Waals surface area contributed by atoms with E-state index < -0.39 is 17.4 Å². The van der Waals surface area contributed by atoms with Gasteiger partial charge in [-0.05, 0) is 36.1 Å². The first-order valence-corrected chi connectivity index (χ1v) is 6.04. The molecule has 0 amide bonds. The Hall–Kier alpha value is -1.57. The highest BCUT2D eigenvalue weighted by Crippen LogP contribution is 2.48. The molecule has 2 rings (SSSR count). The zero-order valence-electron chi connectivity index (χ0n) is 9.69. The Morgan fingerprint density at radius 3 is 2.72 bits per heavy atom. The average Bonchev–Trinajstić information content (AvgIpc) is 3.08. The second-order valence-corrected chi connectivity index (χ2v) is 5.11. The minimum atomic E-state index is -0.953. The maximum absolute atomic E-state index is 10.7. The van der Waals surface area contributed by atoms with Gasteiger partial charge >= 0.3 is 5.97 Å². The second-order valence-electron chi connectivity index (χ2n) is 4.67. The fourth-order valence-corrected chi connectivity index (χ4v) is 2.24. The summed E-state index contributed by atoms with van der Waals surface area (Å²) in [4.78, 5) is 10.7. The number of hydrogen-bond donors (Lipinski definition) is 2. The number of nitrogens with two attached hydrogens (primary N) is 1. The van der Waals surface area contributed by atoms with Gasteiger partial charge in [0.1, 0.15) is 0 Å². The van der Waals surface area contributed by atoms with Crippen LogP contribution in [0.2, 0.25) is 5.02 Å². The van der Waals surface area contributed by atoms with E-state index in [1.54, 1.807) is 18.2 Å². The van der Waals surface area contributed by atoms with E-state index in [1.165, 1.54) is 0 Å². The van der Waals surface area contributed by atoms with Crippen LogP contribution in [0.5, 0.6) is 0 Å². The van der Waals surface area contributed by atoms with E-state index in [4.69, 9.17) is 27.7 Å². The summed E-state index contributed by atoms with van der Waals surface area (Å²) >= 11 is 6.01. The van der Waals surface area contributed by atoms with Crippen LogP contribution in [0.4, 0.5) is 0 Å². The van der Waals surface area contributed by atoms with Crippen molar-refractivity contribution in [3.05, 3.63) is 34.3 Å². The van der Waals surface area contributed by atoms with Crippen LogP contribution in [-0.4, -0.2) is 11.1 Å². The van der Waals surface area contributed by atoms with E-state index >= 15 is 0 Å². The SMILES string of the molecule is N#CC1(c2cc(Cl)cc(C(N)CC(=O)O)c2)CC1. The summed E-state index contributed by atoms with van der Waals surface area (Å²) in [7, 11) is 0. The summed E-state index contributed by atoms with van der Waals surface area (Å²) in [6.45, 7) is 0. The van der Waals surface area contributed by atoms with Crippen LogP contribution in [0.3, 0.4) is 0 Å². The van der Waals surface area contributed by atoms with E-state index in [-0.39, 0.29) is 6.42 Å². The Kier molecular flexibility index (Phi) is 3.29. The lowest BCUT2D eigenvalue weighted by atomic mass is 9.93. The lowest BCUT2D eigenvalue weighted by Crippen LogP contribution is -2.16. The standard InChI is InChI=1S/C13H13ClN2O2/c14-10-4-8(11(16)6-12(17)18)3-9(5-10)13(7-15)1-2-13/h3-5,11H,1-2,6,16H2,(H,17,18). The predicted molar refractivity (Wildman–Crippen MR) is 67.2 cm³/mol. The van der Waals surface area contributed by atoms with Gasteiger partial charge in [0, 0.05) is 11.1 Å². The molecule has 0 radical (unpaired) electrons. The van der Waals surface area contributed by atoms with Gasteiger partial charge in [-0.1, -0.05) is 17.7 Å². The van der Waals surface area contributed by atoms with Crippen LogP contribution in [0.1, 0.15) is 36.4 Å². The van der Waals surface area contributed by atoms with Crippen LogP contribution >= 0.6 is 11.6 Å². The summed E-state index contributed by atoms with van der Waals surface area (Å²) in [5.41, 5.74) is 6.88. The van der Waals surface area contributed by atoms with E-state index in [0.29, 0.717) is 10.6 Å². The van der Waals surface area contributed by atoms with Crippen LogP contribution in [0, 0.1) is 11.3 Å². The van der Waals surface area contributed by atoms with Gasteiger partial charge in [-0.15, -0.1) is 0 Å². The quantitative estimate of drug-likeness (QED) is 0.874. The van der Waals surface area contributed by atoms with Crippen molar-refractivity contribution in [1.29, 1.82) is 5.26 Å². The number of carbonyl (C=O) groups is 1. The molecule has 94 valence electrons. The summed E-state index contributed by atoms with van der Waals surface area (Å²) in [6, 6.07) is 6.90. The number of nitriles is 1. The largest absolute Gasteiger partial charge is 0.481 e. The fourth-order valence-electron chi connectivity index (χ4n) is 2.00. The molecule has 1 aliphatic carbocycles. The van der Waals surface area contributed by atoms with Crippen molar-refractivity contribution in [3.63, 3.8) is 0 Å². The third-order valence-corrected chi connectivity index (χ3v) is 3.48. The molecule has 0 spiro atoms. The Morgan fingerprint density at radius 1 is 1.56 bits per heavy atom. The van der Waals surface area contributed by atoms with Crippen LogP contribution < -0.4 is 5.73 Å². The van der Waals surface area contributed by atoms with E-state index in [0.717, 1.165) is 18.4 Å². The molecule has 1 aromatic carbocycles. The molecule has 0 bridgehead atoms. The molecule has 3 N–H and O–H groups in total. The number of nitrogens with zero attached hydrogens (tertiary/aromatic N) is 1. The molecule has 0 aliphatic heterocycles. The van der Waals surface area contributed by atoms with Gasteiger partial charge in [-0.3, -0.25) is 4.79 Å². The summed E-state index contributed by atoms with van der Waals surface area (Å²) in [6.07, 6.45) is 1.48. The molecule has 1 atom stereocenters. The summed E-state index contributed by atoms with van der Waals surface area (Å²) in [5, 5.41) is 18.4. The summed E-state index contributed by atoms with van der Waals surface area (Å²) in [5.74, 6) is -0.953. The van der Waals surface area contributed by atoms with Gasteiger partial charge in [0.05, 0.1) is 17.9 Å². The molecule has 5 heteroatoms. The van der Waals surface area contributed by atoms with Crippen LogP contribution in [0.25, 0.3) is 0 Å². The molecular weight excluding hydrogens is 252 g/mol. The van der Waals surface area contributed by atoms with Crippen molar-refractivity contribution in [2.45, 2.75) is 30.7 Å². The molecule has 0 saturated heterocycles. The zero-order chi connectivity index (χ0) is 13.3. The Bertz CT molecular complexity index is 532. The molecule has 4 nitrogen and oxygen atoms in total. The molecule has 1 fully saturated rings. The average molecular weight is 265 g/mol. The first-order valence-electron chi connectivity index (χ1n) is 5.66. The van der Waals surface area contributed by atoms with Crippen LogP contribution in [0.15, 0.2) is 18.2 Å². The Morgan fingerprint density at radius 2 is 2.22 bits per heavy atom. The van der Waals surface area contributed by atoms with E-state index in [1.807, 2.05) is 0 Å². The number of benzene rings is 1. The van der Waals surface area contributed by atoms with Crippen molar-refractivity contribution in [2.24, 2.45) is 5.73 Å². The lowest BCUT2D eigenvalue weighted by molar-refractivity contribution is -0.137. The monoisotopic (exact) mass is 264 g/mol. The van der Waals surface area contributed by atoms with Gasteiger partial charge in [-0.2, -0.15) is 5.26 Å². The third kappa shape index (κ3) is 2.47. The highest BCUT2D eigenvalue weighted by Gasteiger charge is 2.45. The number of carboxylic acids is 1. The molecular formula is C13H13ClN2O2. The number of rotatable bonds is 4. The van der Waals surface area contributed by atoms with E-state index in [9.17, 15) is 4.79 Å². The fraction of sp³-hybridized carbons (Fsp3) is 0.385. The minimum Gasteiger partial charge on any atom is -0.481 e. The van der Waals surface area contributed by atoms with Gasteiger partial charge in [0.25, 0.3) is 0 Å². The Balaban J connectivity index is 2.33. The maximum Gasteiger partial charge on any atom is 0.305 e. The normalized spacial score (nSPS) is 17.8. The smallest absolute Gasteiger partial charge is 0.305 e. The van der Waals surface area contributed by atoms with Gasteiger partial charge in [0.2, 0.25) is 0 Å². The first kappa shape index (κ1) is 12.9. The van der Waals surface area contributed by atoms with Gasteiger partial charge < -0.3 is 10.8 Å². The van der Waals surface area contributed by atoms with Crippen molar-refractivity contribution >= 4 is 17.6 Å². The Labute approximate surface area is 110 Å². The lowest BCUT2D eigenvalue weighted by Gasteiger charge is -2.14. The van der Waals surface area contributed by atoms with Crippen LogP contribution in [-0.2, 0) is 10.2 Å². The van der Waals surface area contributed by atoms with Crippen molar-refractivity contribution in [1.82, 2.24) is 0 Å². The predicted octanol–water partition coefficient (Wildman–Crippen LogP) is 2.37. The topological polar surface area (TPSA) is 87.1 Å².